The fourth-order valence-corrected chi connectivity index (χ4v) is 7.92. The van der Waals surface area contributed by atoms with E-state index in [9.17, 15) is 0 Å². The van der Waals surface area contributed by atoms with Crippen molar-refractivity contribution in [1.82, 2.24) is 0 Å². The number of fused-ring (bicyclic) bond motifs is 2. The van der Waals surface area contributed by atoms with Gasteiger partial charge >= 0.3 is 0 Å². The molecule has 0 aromatic heterocycles. The highest BCUT2D eigenvalue weighted by Crippen LogP contribution is 2.45. The average molecular weight is 654 g/mol. The third-order valence-corrected chi connectivity index (χ3v) is 10.5. The van der Waals surface area contributed by atoms with Crippen LogP contribution in [0.2, 0.25) is 0 Å². The number of hydrogen-bond donors (Lipinski definition) is 0. The van der Waals surface area contributed by atoms with Crippen LogP contribution in [-0.2, 0) is 0 Å². The molecule has 0 spiro atoms. The Hall–Kier alpha value is -6.18. The second-order valence-electron chi connectivity index (χ2n) is 13.5. The van der Waals surface area contributed by atoms with Gasteiger partial charge in [0.15, 0.2) is 0 Å². The summed E-state index contributed by atoms with van der Waals surface area (Å²) >= 11 is 0. The highest BCUT2D eigenvalue weighted by molar-refractivity contribution is 6.15. The van der Waals surface area contributed by atoms with Gasteiger partial charge < -0.3 is 4.90 Å². The molecule has 0 amide bonds. The summed E-state index contributed by atoms with van der Waals surface area (Å²) in [6.07, 6.45) is 15.8. The Morgan fingerprint density at radius 2 is 1.02 bits per heavy atom. The first kappa shape index (κ1) is 30.8. The van der Waals surface area contributed by atoms with Crippen LogP contribution in [0.1, 0.15) is 25.7 Å². The Balaban J connectivity index is 1.26. The molecule has 9 rings (SSSR count). The van der Waals surface area contributed by atoms with E-state index in [-0.39, 0.29) is 0 Å². The van der Waals surface area contributed by atoms with Gasteiger partial charge in [0.1, 0.15) is 0 Å². The number of anilines is 2. The number of allylic oxidation sites excluding steroid dienone is 8. The zero-order valence-electron chi connectivity index (χ0n) is 28.7. The van der Waals surface area contributed by atoms with Crippen LogP contribution >= 0.6 is 0 Å². The van der Waals surface area contributed by atoms with Crippen molar-refractivity contribution < 1.29 is 0 Å². The zero-order valence-corrected chi connectivity index (χ0v) is 28.7. The second kappa shape index (κ2) is 13.6. The molecule has 0 aliphatic heterocycles. The van der Waals surface area contributed by atoms with Crippen LogP contribution in [0.25, 0.3) is 54.9 Å². The standard InChI is InChI=1S/C50H39N/c1-4-14-36(15-5-1)38-24-28-43(29-25-38)51(44-30-26-39(27-31-44)37-16-6-2-7-17-37)45-32-33-46(40-18-8-3-9-19-40)49(35-45)50-47-22-12-10-20-41(47)34-42-21-11-13-23-48(42)50/h1-6,8-16,18-26,28-30,32-35H,7,17,27,31H2. The van der Waals surface area contributed by atoms with E-state index in [1.165, 1.54) is 77.5 Å². The van der Waals surface area contributed by atoms with E-state index < -0.39 is 0 Å². The molecule has 0 radical (unpaired) electrons. The first-order valence-electron chi connectivity index (χ1n) is 18.1. The SMILES string of the molecule is C1=CCCC(C2=CC=C(N(c3ccc(-c4ccccc4)cc3)c3ccc(-c4ccccc4)c(-c4c5ccccc5cc5ccccc45)c3)CC2)=C1. The summed E-state index contributed by atoms with van der Waals surface area (Å²) in [4.78, 5) is 2.49. The lowest BCUT2D eigenvalue weighted by molar-refractivity contribution is 0.851. The van der Waals surface area contributed by atoms with Crippen molar-refractivity contribution in [3.05, 3.63) is 205 Å². The summed E-state index contributed by atoms with van der Waals surface area (Å²) in [5.74, 6) is 0. The molecule has 51 heavy (non-hydrogen) atoms. The van der Waals surface area contributed by atoms with Crippen molar-refractivity contribution >= 4 is 32.9 Å². The van der Waals surface area contributed by atoms with Crippen molar-refractivity contribution in [2.24, 2.45) is 0 Å². The number of hydrogen-bond acceptors (Lipinski definition) is 1. The average Bonchev–Trinajstić information content (AvgIpc) is 3.21. The van der Waals surface area contributed by atoms with Gasteiger partial charge in [-0.25, -0.2) is 0 Å². The molecule has 0 unspecified atom stereocenters. The molecule has 0 bridgehead atoms. The lowest BCUT2D eigenvalue weighted by Gasteiger charge is -2.31. The molecular weight excluding hydrogens is 615 g/mol. The van der Waals surface area contributed by atoms with E-state index in [0.29, 0.717) is 0 Å². The van der Waals surface area contributed by atoms with E-state index in [0.717, 1.165) is 31.4 Å². The predicted octanol–water partition coefficient (Wildman–Crippen LogP) is 14.0. The summed E-state index contributed by atoms with van der Waals surface area (Å²) in [6, 6.07) is 57.7. The monoisotopic (exact) mass is 653 g/mol. The Morgan fingerprint density at radius 1 is 0.412 bits per heavy atom. The molecule has 244 valence electrons. The molecule has 2 aliphatic carbocycles. The normalized spacial score (nSPS) is 14.2. The van der Waals surface area contributed by atoms with Crippen LogP contribution in [0.15, 0.2) is 205 Å². The Bertz CT molecular complexity index is 2440. The second-order valence-corrected chi connectivity index (χ2v) is 13.5. The first-order valence-corrected chi connectivity index (χ1v) is 18.1. The smallest absolute Gasteiger partial charge is 0.0465 e. The molecule has 0 saturated carbocycles. The lowest BCUT2D eigenvalue weighted by atomic mass is 9.87. The van der Waals surface area contributed by atoms with Gasteiger partial charge in [-0.15, -0.1) is 0 Å². The maximum absolute atomic E-state index is 2.49. The van der Waals surface area contributed by atoms with Gasteiger partial charge in [0.2, 0.25) is 0 Å². The fraction of sp³-hybridized carbons (Fsp3) is 0.0800. The lowest BCUT2D eigenvalue weighted by Crippen LogP contribution is -2.18. The summed E-state index contributed by atoms with van der Waals surface area (Å²) in [6.45, 7) is 0. The van der Waals surface area contributed by atoms with Gasteiger partial charge in [-0.3, -0.25) is 0 Å². The van der Waals surface area contributed by atoms with Crippen LogP contribution < -0.4 is 4.90 Å². The topological polar surface area (TPSA) is 3.24 Å². The Labute approximate surface area is 300 Å². The molecule has 7 aromatic carbocycles. The molecule has 0 atom stereocenters. The number of rotatable bonds is 7. The molecule has 2 aliphatic rings. The van der Waals surface area contributed by atoms with E-state index in [4.69, 9.17) is 0 Å². The summed E-state index contributed by atoms with van der Waals surface area (Å²) in [5, 5.41) is 5.04. The first-order chi connectivity index (χ1) is 25.3. The van der Waals surface area contributed by atoms with Gasteiger partial charge in [-0.05, 0) is 128 Å². The van der Waals surface area contributed by atoms with E-state index in [1.807, 2.05) is 0 Å². The van der Waals surface area contributed by atoms with Crippen LogP contribution in [0, 0.1) is 0 Å². The molecule has 1 nitrogen and oxygen atoms in total. The zero-order chi connectivity index (χ0) is 34.0. The maximum atomic E-state index is 2.49. The molecule has 7 aromatic rings. The Kier molecular flexibility index (Phi) is 8.24. The maximum Gasteiger partial charge on any atom is 0.0465 e. The van der Waals surface area contributed by atoms with Crippen molar-refractivity contribution in [1.29, 1.82) is 0 Å². The van der Waals surface area contributed by atoms with Crippen molar-refractivity contribution in [2.45, 2.75) is 25.7 Å². The third kappa shape index (κ3) is 6.02. The fourth-order valence-electron chi connectivity index (χ4n) is 7.92. The predicted molar refractivity (Wildman–Crippen MR) is 218 cm³/mol. The summed E-state index contributed by atoms with van der Waals surface area (Å²) in [5.41, 5.74) is 14.0. The molecule has 0 fully saturated rings. The number of benzene rings is 7. The summed E-state index contributed by atoms with van der Waals surface area (Å²) in [7, 11) is 0. The van der Waals surface area contributed by atoms with Gasteiger partial charge in [-0.2, -0.15) is 0 Å². The van der Waals surface area contributed by atoms with Crippen molar-refractivity contribution in [2.75, 3.05) is 4.90 Å². The van der Waals surface area contributed by atoms with Crippen LogP contribution in [0.3, 0.4) is 0 Å². The van der Waals surface area contributed by atoms with Gasteiger partial charge in [0, 0.05) is 17.1 Å². The molecule has 0 N–H and O–H groups in total. The Morgan fingerprint density at radius 3 is 1.67 bits per heavy atom. The van der Waals surface area contributed by atoms with Gasteiger partial charge in [0.05, 0.1) is 0 Å². The van der Waals surface area contributed by atoms with Crippen molar-refractivity contribution in [3.63, 3.8) is 0 Å². The van der Waals surface area contributed by atoms with Gasteiger partial charge in [0.25, 0.3) is 0 Å². The molecule has 0 heterocycles. The largest absolute Gasteiger partial charge is 0.314 e. The van der Waals surface area contributed by atoms with E-state index in [1.54, 1.807) is 0 Å². The highest BCUT2D eigenvalue weighted by Gasteiger charge is 2.22. The van der Waals surface area contributed by atoms with Crippen molar-refractivity contribution in [3.8, 4) is 33.4 Å². The minimum absolute atomic E-state index is 0.973. The van der Waals surface area contributed by atoms with E-state index >= 15 is 0 Å². The van der Waals surface area contributed by atoms with Crippen LogP contribution in [0.5, 0.6) is 0 Å². The minimum Gasteiger partial charge on any atom is -0.314 e. The summed E-state index contributed by atoms with van der Waals surface area (Å²) < 4.78 is 0. The van der Waals surface area contributed by atoms with E-state index in [2.05, 4.69) is 193 Å². The molecular formula is C50H39N. The molecule has 1 heteroatoms. The van der Waals surface area contributed by atoms with Crippen LogP contribution in [-0.4, -0.2) is 0 Å². The quantitative estimate of drug-likeness (QED) is 0.155. The molecule has 0 saturated heterocycles. The minimum atomic E-state index is 0.973. The third-order valence-electron chi connectivity index (χ3n) is 10.5. The number of nitrogens with zero attached hydrogens (tertiary/aromatic N) is 1. The highest BCUT2D eigenvalue weighted by atomic mass is 15.1. The van der Waals surface area contributed by atoms with Gasteiger partial charge in [-0.1, -0.05) is 152 Å². The van der Waals surface area contributed by atoms with Crippen LogP contribution in [0.4, 0.5) is 11.4 Å².